The molecular weight excluding hydrogens is 271 g/mol. The Labute approximate surface area is 123 Å². The summed E-state index contributed by atoms with van der Waals surface area (Å²) in [6.07, 6.45) is 3.05. The van der Waals surface area contributed by atoms with E-state index < -0.39 is 11.7 Å². The fourth-order valence-electron chi connectivity index (χ4n) is 1.91. The van der Waals surface area contributed by atoms with Gasteiger partial charge >= 0.3 is 6.09 Å². The Morgan fingerprint density at radius 2 is 2.05 bits per heavy atom. The summed E-state index contributed by atoms with van der Waals surface area (Å²) in [7, 11) is 0. The smallest absolute Gasteiger partial charge is 0.407 e. The van der Waals surface area contributed by atoms with Gasteiger partial charge in [0.25, 0.3) is 0 Å². The topological polar surface area (TPSA) is 54.1 Å². The standard InChI is InChI=1S/C16H19FN2O2/c1-16(2,3)21-15(20)19-9-11-6-13(8-14(17)7-11)12-4-5-18-10-12/h4-8,10,18H,9H2,1-3H3,(H,19,20). The molecule has 1 amide bonds. The molecule has 0 atom stereocenters. The molecule has 1 heterocycles. The molecule has 5 heteroatoms. The Bertz CT molecular complexity index is 616. The van der Waals surface area contributed by atoms with Crippen molar-refractivity contribution in [2.24, 2.45) is 0 Å². The zero-order chi connectivity index (χ0) is 15.5. The number of nitrogens with one attached hydrogen (secondary N) is 2. The van der Waals surface area contributed by atoms with Crippen molar-refractivity contribution in [3.05, 3.63) is 48.0 Å². The molecule has 0 saturated heterocycles. The third kappa shape index (κ3) is 4.63. The maximum atomic E-state index is 13.7. The monoisotopic (exact) mass is 290 g/mol. The summed E-state index contributed by atoms with van der Waals surface area (Å²) in [5, 5.41) is 2.62. The highest BCUT2D eigenvalue weighted by atomic mass is 19.1. The first kappa shape index (κ1) is 15.1. The van der Waals surface area contributed by atoms with E-state index in [1.807, 2.05) is 12.1 Å². The second-order valence-electron chi connectivity index (χ2n) is 5.80. The lowest BCUT2D eigenvalue weighted by Gasteiger charge is -2.19. The lowest BCUT2D eigenvalue weighted by atomic mass is 10.1. The molecule has 4 nitrogen and oxygen atoms in total. The number of aromatic nitrogens is 1. The zero-order valence-electron chi connectivity index (χ0n) is 12.4. The van der Waals surface area contributed by atoms with Gasteiger partial charge in [0.15, 0.2) is 0 Å². The largest absolute Gasteiger partial charge is 0.444 e. The SMILES string of the molecule is CC(C)(C)OC(=O)NCc1cc(F)cc(-c2cc[nH]c2)c1. The van der Waals surface area contributed by atoms with Crippen LogP contribution in [0, 0.1) is 5.82 Å². The van der Waals surface area contributed by atoms with E-state index in [1.165, 1.54) is 12.1 Å². The van der Waals surface area contributed by atoms with Crippen LogP contribution in [0.25, 0.3) is 11.1 Å². The quantitative estimate of drug-likeness (QED) is 0.902. The molecule has 112 valence electrons. The number of ether oxygens (including phenoxy) is 1. The van der Waals surface area contributed by atoms with Crippen LogP contribution in [0.1, 0.15) is 26.3 Å². The van der Waals surface area contributed by atoms with Crippen LogP contribution in [0.15, 0.2) is 36.7 Å². The van der Waals surface area contributed by atoms with Crippen LogP contribution in [0.2, 0.25) is 0 Å². The van der Waals surface area contributed by atoms with Crippen LogP contribution in [-0.2, 0) is 11.3 Å². The molecule has 0 aliphatic heterocycles. The molecule has 2 aromatic rings. The summed E-state index contributed by atoms with van der Waals surface area (Å²) in [6, 6.07) is 6.55. The van der Waals surface area contributed by atoms with Crippen molar-refractivity contribution in [3.8, 4) is 11.1 Å². The highest BCUT2D eigenvalue weighted by molar-refractivity contribution is 5.68. The molecule has 21 heavy (non-hydrogen) atoms. The van der Waals surface area contributed by atoms with Crippen molar-refractivity contribution >= 4 is 6.09 Å². The van der Waals surface area contributed by atoms with Gasteiger partial charge in [-0.05, 0) is 61.7 Å². The Morgan fingerprint density at radius 3 is 2.67 bits per heavy atom. The van der Waals surface area contributed by atoms with Gasteiger partial charge in [-0.15, -0.1) is 0 Å². The molecule has 2 rings (SSSR count). The first-order valence-corrected chi connectivity index (χ1v) is 6.73. The third-order valence-electron chi connectivity index (χ3n) is 2.72. The van der Waals surface area contributed by atoms with Crippen LogP contribution in [0.5, 0.6) is 0 Å². The molecule has 0 aliphatic carbocycles. The van der Waals surface area contributed by atoms with Crippen LogP contribution in [0.3, 0.4) is 0 Å². The van der Waals surface area contributed by atoms with Crippen LogP contribution in [0.4, 0.5) is 9.18 Å². The average Bonchev–Trinajstić information content (AvgIpc) is 2.87. The Kier molecular flexibility index (Phi) is 4.31. The van der Waals surface area contributed by atoms with Gasteiger partial charge in [-0.3, -0.25) is 0 Å². The minimum Gasteiger partial charge on any atom is -0.444 e. The molecule has 0 spiro atoms. The number of carbonyl (C=O) groups is 1. The Morgan fingerprint density at radius 1 is 1.29 bits per heavy atom. The van der Waals surface area contributed by atoms with E-state index in [9.17, 15) is 9.18 Å². The lowest BCUT2D eigenvalue weighted by molar-refractivity contribution is 0.0523. The second-order valence-corrected chi connectivity index (χ2v) is 5.80. The fraction of sp³-hybridized carbons (Fsp3) is 0.312. The summed E-state index contributed by atoms with van der Waals surface area (Å²) in [4.78, 5) is 14.5. The molecule has 0 radical (unpaired) electrons. The molecular formula is C16H19FN2O2. The van der Waals surface area contributed by atoms with Gasteiger partial charge in [-0.25, -0.2) is 9.18 Å². The molecule has 1 aromatic carbocycles. The number of H-pyrrole nitrogens is 1. The predicted molar refractivity (Wildman–Crippen MR) is 79.3 cm³/mol. The number of hydrogen-bond donors (Lipinski definition) is 2. The Hall–Kier alpha value is -2.30. The van der Waals surface area contributed by atoms with Gasteiger partial charge in [0, 0.05) is 18.9 Å². The number of aromatic amines is 1. The average molecular weight is 290 g/mol. The predicted octanol–water partition coefficient (Wildman–Crippen LogP) is 3.85. The maximum Gasteiger partial charge on any atom is 0.407 e. The zero-order valence-corrected chi connectivity index (χ0v) is 12.4. The number of carbonyl (C=O) groups excluding carboxylic acids is 1. The van der Waals surface area contributed by atoms with E-state index in [4.69, 9.17) is 4.74 Å². The van der Waals surface area contributed by atoms with Crippen molar-refractivity contribution in [1.82, 2.24) is 10.3 Å². The van der Waals surface area contributed by atoms with E-state index in [-0.39, 0.29) is 12.4 Å². The van der Waals surface area contributed by atoms with E-state index in [1.54, 1.807) is 33.2 Å². The maximum absolute atomic E-state index is 13.7. The number of halogens is 1. The first-order chi connectivity index (χ1) is 9.83. The van der Waals surface area contributed by atoms with Gasteiger partial charge in [0.1, 0.15) is 11.4 Å². The number of amides is 1. The summed E-state index contributed by atoms with van der Waals surface area (Å²) in [5.41, 5.74) is 1.78. The number of benzene rings is 1. The summed E-state index contributed by atoms with van der Waals surface area (Å²) < 4.78 is 18.8. The van der Waals surface area contributed by atoms with Crippen molar-refractivity contribution in [2.75, 3.05) is 0 Å². The lowest BCUT2D eigenvalue weighted by Crippen LogP contribution is -2.32. The second kappa shape index (κ2) is 5.99. The minimum atomic E-state index is -0.553. The van der Waals surface area contributed by atoms with Gasteiger partial charge in [-0.2, -0.15) is 0 Å². The normalized spacial score (nSPS) is 11.2. The van der Waals surface area contributed by atoms with E-state index >= 15 is 0 Å². The van der Waals surface area contributed by atoms with Crippen LogP contribution < -0.4 is 5.32 Å². The minimum absolute atomic E-state index is 0.212. The van der Waals surface area contributed by atoms with Crippen molar-refractivity contribution in [1.29, 1.82) is 0 Å². The van der Waals surface area contributed by atoms with Gasteiger partial charge < -0.3 is 15.0 Å². The number of alkyl carbamates (subject to hydrolysis) is 1. The molecule has 0 saturated carbocycles. The summed E-state index contributed by atoms with van der Waals surface area (Å²) >= 11 is 0. The van der Waals surface area contributed by atoms with Gasteiger partial charge in [-0.1, -0.05) is 0 Å². The van der Waals surface area contributed by atoms with Crippen molar-refractivity contribution in [3.63, 3.8) is 0 Å². The molecule has 0 bridgehead atoms. The molecule has 1 aromatic heterocycles. The van der Waals surface area contributed by atoms with E-state index in [0.29, 0.717) is 5.56 Å². The summed E-state index contributed by atoms with van der Waals surface area (Å²) in [6.45, 7) is 5.58. The Balaban J connectivity index is 2.06. The van der Waals surface area contributed by atoms with Crippen molar-refractivity contribution < 1.29 is 13.9 Å². The van der Waals surface area contributed by atoms with E-state index in [0.717, 1.165) is 11.1 Å². The molecule has 0 fully saturated rings. The molecule has 0 aliphatic rings. The highest BCUT2D eigenvalue weighted by Gasteiger charge is 2.15. The van der Waals surface area contributed by atoms with Crippen LogP contribution >= 0.6 is 0 Å². The van der Waals surface area contributed by atoms with Crippen LogP contribution in [-0.4, -0.2) is 16.7 Å². The molecule has 2 N–H and O–H groups in total. The number of rotatable bonds is 3. The molecule has 0 unspecified atom stereocenters. The van der Waals surface area contributed by atoms with Crippen molar-refractivity contribution in [2.45, 2.75) is 32.9 Å². The number of hydrogen-bond acceptors (Lipinski definition) is 2. The highest BCUT2D eigenvalue weighted by Crippen LogP contribution is 2.21. The third-order valence-corrected chi connectivity index (χ3v) is 2.72. The van der Waals surface area contributed by atoms with Gasteiger partial charge in [0.05, 0.1) is 0 Å². The van der Waals surface area contributed by atoms with Gasteiger partial charge in [0.2, 0.25) is 0 Å². The summed E-state index contributed by atoms with van der Waals surface area (Å²) in [5.74, 6) is -0.338. The first-order valence-electron chi connectivity index (χ1n) is 6.73. The fourth-order valence-corrected chi connectivity index (χ4v) is 1.91. The van der Waals surface area contributed by atoms with E-state index in [2.05, 4.69) is 10.3 Å².